The Morgan fingerprint density at radius 3 is 2.59 bits per heavy atom. The topological polar surface area (TPSA) is 33.6 Å². The van der Waals surface area contributed by atoms with Gasteiger partial charge in [-0.3, -0.25) is 4.99 Å². The number of halogens is 2. The van der Waals surface area contributed by atoms with Gasteiger partial charge in [0.1, 0.15) is 18.2 Å². The zero-order valence-corrected chi connectivity index (χ0v) is 21.7. The Morgan fingerprint density at radius 1 is 0.973 bits per heavy atom. The minimum atomic E-state index is -0.251. The average molecular weight is 553 g/mol. The molecule has 1 N–H and O–H groups in total. The van der Waals surface area contributed by atoms with Crippen molar-refractivity contribution in [3.63, 3.8) is 0 Å². The van der Waals surface area contributed by atoms with Crippen molar-refractivity contribution in [2.75, 3.05) is 5.32 Å². The number of rotatable bonds is 6. The Bertz CT molecular complexity index is 1460. The van der Waals surface area contributed by atoms with Crippen LogP contribution in [-0.4, -0.2) is 6.21 Å². The lowest BCUT2D eigenvalue weighted by atomic mass is 9.77. The molecule has 1 heterocycles. The fourth-order valence-corrected chi connectivity index (χ4v) is 5.76. The summed E-state index contributed by atoms with van der Waals surface area (Å²) in [5.41, 5.74) is 6.71. The Hall–Kier alpha value is -3.70. The number of benzene rings is 4. The number of nitrogens with zero attached hydrogens (tertiary/aromatic N) is 1. The second-order valence-electron chi connectivity index (χ2n) is 9.52. The van der Waals surface area contributed by atoms with E-state index in [1.54, 1.807) is 12.1 Å². The summed E-state index contributed by atoms with van der Waals surface area (Å²) >= 11 is 3.59. The van der Waals surface area contributed by atoms with E-state index in [1.807, 2.05) is 24.4 Å². The Morgan fingerprint density at radius 2 is 1.78 bits per heavy atom. The summed E-state index contributed by atoms with van der Waals surface area (Å²) in [4.78, 5) is 4.68. The van der Waals surface area contributed by atoms with E-state index in [4.69, 9.17) is 4.74 Å². The van der Waals surface area contributed by atoms with E-state index in [0.717, 1.165) is 33.5 Å². The van der Waals surface area contributed by atoms with Crippen LogP contribution in [-0.2, 0) is 6.61 Å². The highest BCUT2D eigenvalue weighted by atomic mass is 79.9. The predicted octanol–water partition coefficient (Wildman–Crippen LogP) is 8.74. The molecular formula is C32H26BrFN2O. The number of fused-ring (bicyclic) bond motifs is 3. The molecule has 6 rings (SSSR count). The van der Waals surface area contributed by atoms with Crippen molar-refractivity contribution in [2.24, 2.45) is 10.9 Å². The summed E-state index contributed by atoms with van der Waals surface area (Å²) in [5.74, 6) is 1.48. The van der Waals surface area contributed by atoms with Crippen LogP contribution in [0.15, 0.2) is 113 Å². The van der Waals surface area contributed by atoms with Gasteiger partial charge in [-0.25, -0.2) is 4.39 Å². The fourth-order valence-electron chi connectivity index (χ4n) is 5.25. The number of aliphatic imine (C=N–C) groups is 1. The minimum absolute atomic E-state index is 0.251. The molecule has 0 saturated carbocycles. The van der Waals surface area contributed by atoms with Gasteiger partial charge in [-0.15, -0.1) is 0 Å². The van der Waals surface area contributed by atoms with E-state index in [9.17, 15) is 4.39 Å². The molecule has 1 aliphatic carbocycles. The molecule has 184 valence electrons. The third-order valence-electron chi connectivity index (χ3n) is 7.15. The van der Waals surface area contributed by atoms with Crippen molar-refractivity contribution < 1.29 is 9.13 Å². The molecule has 0 saturated heterocycles. The first-order valence-electron chi connectivity index (χ1n) is 12.5. The third kappa shape index (κ3) is 5.09. The summed E-state index contributed by atoms with van der Waals surface area (Å²) < 4.78 is 19.8. The van der Waals surface area contributed by atoms with Crippen LogP contribution in [0.3, 0.4) is 0 Å². The molecule has 3 nitrogen and oxygen atoms in total. The lowest BCUT2D eigenvalue weighted by Crippen LogP contribution is -2.28. The van der Waals surface area contributed by atoms with E-state index < -0.39 is 0 Å². The monoisotopic (exact) mass is 552 g/mol. The SMILES string of the molecule is Fc1ccc(COc2ccc(C=Nc3ccc([C@@H]4Nc5ccccc5[C@H]5C=CC[C@H]54)cc3)cc2Br)cc1. The zero-order valence-electron chi connectivity index (χ0n) is 20.1. The summed E-state index contributed by atoms with van der Waals surface area (Å²) in [6, 6.07) is 29.7. The van der Waals surface area contributed by atoms with Crippen LogP contribution in [0.1, 0.15) is 40.6 Å². The lowest BCUT2D eigenvalue weighted by Gasteiger charge is -2.37. The molecule has 0 aromatic heterocycles. The quantitative estimate of drug-likeness (QED) is 0.191. The smallest absolute Gasteiger partial charge is 0.134 e. The highest BCUT2D eigenvalue weighted by molar-refractivity contribution is 9.10. The number of hydrogen-bond donors (Lipinski definition) is 1. The van der Waals surface area contributed by atoms with Crippen LogP contribution in [0.5, 0.6) is 5.75 Å². The first-order valence-corrected chi connectivity index (χ1v) is 13.3. The largest absolute Gasteiger partial charge is 0.488 e. The van der Waals surface area contributed by atoms with Gasteiger partial charge >= 0.3 is 0 Å². The van der Waals surface area contributed by atoms with Gasteiger partial charge in [0, 0.05) is 17.8 Å². The molecule has 3 atom stereocenters. The van der Waals surface area contributed by atoms with Crippen LogP contribution < -0.4 is 10.1 Å². The van der Waals surface area contributed by atoms with Crippen LogP contribution in [0.25, 0.3) is 0 Å². The van der Waals surface area contributed by atoms with Gasteiger partial charge in [0.25, 0.3) is 0 Å². The summed E-state index contributed by atoms with van der Waals surface area (Å²) in [6.45, 7) is 0.373. The van der Waals surface area contributed by atoms with Gasteiger partial charge in [-0.2, -0.15) is 0 Å². The molecule has 0 amide bonds. The van der Waals surface area contributed by atoms with Crippen molar-refractivity contribution in [3.8, 4) is 5.75 Å². The van der Waals surface area contributed by atoms with Crippen molar-refractivity contribution in [2.45, 2.75) is 25.0 Å². The summed E-state index contributed by atoms with van der Waals surface area (Å²) in [5, 5.41) is 3.78. The molecule has 4 aromatic rings. The molecule has 1 aliphatic heterocycles. The molecule has 2 aliphatic rings. The zero-order chi connectivity index (χ0) is 25.2. The van der Waals surface area contributed by atoms with E-state index in [2.05, 4.69) is 86.9 Å². The van der Waals surface area contributed by atoms with E-state index >= 15 is 0 Å². The van der Waals surface area contributed by atoms with Gasteiger partial charge in [-0.1, -0.05) is 54.6 Å². The van der Waals surface area contributed by atoms with Gasteiger partial charge in [0.15, 0.2) is 0 Å². The first-order chi connectivity index (χ1) is 18.1. The number of allylic oxidation sites excluding steroid dienone is 2. The normalized spacial score (nSPS) is 19.9. The van der Waals surface area contributed by atoms with E-state index in [0.29, 0.717) is 18.4 Å². The highest BCUT2D eigenvalue weighted by Crippen LogP contribution is 2.49. The maximum atomic E-state index is 13.1. The van der Waals surface area contributed by atoms with E-state index in [1.165, 1.54) is 28.9 Å². The van der Waals surface area contributed by atoms with Gasteiger partial charge in [0.05, 0.1) is 16.2 Å². The number of anilines is 1. The van der Waals surface area contributed by atoms with Crippen molar-refractivity contribution in [1.82, 2.24) is 0 Å². The predicted molar refractivity (Wildman–Crippen MR) is 151 cm³/mol. The molecule has 0 radical (unpaired) electrons. The number of ether oxygens (including phenoxy) is 1. The Balaban J connectivity index is 1.12. The fraction of sp³-hybridized carbons (Fsp3) is 0.156. The standard InChI is InChI=1S/C32H26BrFN2O/c33-29-18-22(10-17-31(29)37-20-21-8-13-24(34)14-9-21)19-35-25-15-11-23(12-16-25)32-28-6-3-5-26(28)27-4-1-2-7-30(27)36-32/h1-5,7-19,26,28,32,36H,6,20H2/t26-,28-,32+/m1/s1. The molecule has 0 unspecified atom stereocenters. The second kappa shape index (κ2) is 10.3. The Kier molecular flexibility index (Phi) is 6.62. The van der Waals surface area contributed by atoms with Crippen molar-refractivity contribution >= 4 is 33.5 Å². The Labute approximate surface area is 224 Å². The van der Waals surface area contributed by atoms with Gasteiger partial charge < -0.3 is 10.1 Å². The molecule has 0 spiro atoms. The summed E-state index contributed by atoms with van der Waals surface area (Å²) in [7, 11) is 0. The first kappa shape index (κ1) is 23.7. The number of hydrogen-bond acceptors (Lipinski definition) is 3. The molecular weight excluding hydrogens is 527 g/mol. The van der Waals surface area contributed by atoms with Crippen molar-refractivity contribution in [3.05, 3.63) is 136 Å². The lowest BCUT2D eigenvalue weighted by molar-refractivity contribution is 0.304. The van der Waals surface area contributed by atoms with Crippen LogP contribution in [0.4, 0.5) is 15.8 Å². The third-order valence-corrected chi connectivity index (χ3v) is 7.77. The van der Waals surface area contributed by atoms with Gasteiger partial charge in [0.2, 0.25) is 0 Å². The summed E-state index contributed by atoms with van der Waals surface area (Å²) in [6.07, 6.45) is 7.64. The van der Waals surface area contributed by atoms with Crippen LogP contribution in [0, 0.1) is 11.7 Å². The maximum absolute atomic E-state index is 13.1. The number of para-hydroxylation sites is 1. The van der Waals surface area contributed by atoms with Crippen LogP contribution >= 0.6 is 15.9 Å². The van der Waals surface area contributed by atoms with Gasteiger partial charge in [-0.05, 0) is 99.1 Å². The molecule has 5 heteroatoms. The van der Waals surface area contributed by atoms with Crippen molar-refractivity contribution in [1.29, 1.82) is 0 Å². The number of nitrogens with one attached hydrogen (secondary N) is 1. The molecule has 0 bridgehead atoms. The molecule has 37 heavy (non-hydrogen) atoms. The minimum Gasteiger partial charge on any atom is -0.488 e. The van der Waals surface area contributed by atoms with Crippen LogP contribution in [0.2, 0.25) is 0 Å². The molecule has 0 fully saturated rings. The highest BCUT2D eigenvalue weighted by Gasteiger charge is 2.37. The average Bonchev–Trinajstić information content (AvgIpc) is 3.43. The van der Waals surface area contributed by atoms with E-state index in [-0.39, 0.29) is 11.9 Å². The maximum Gasteiger partial charge on any atom is 0.134 e. The second-order valence-corrected chi connectivity index (χ2v) is 10.4. The molecule has 4 aromatic carbocycles.